The summed E-state index contributed by atoms with van der Waals surface area (Å²) in [6, 6.07) is 5.65. The fourth-order valence-electron chi connectivity index (χ4n) is 7.35. The molecule has 10 nitrogen and oxygen atoms in total. The minimum absolute atomic E-state index is 0.0788. The number of carboxylic acids is 1. The van der Waals surface area contributed by atoms with Gasteiger partial charge in [-0.05, 0) is 36.5 Å². The Morgan fingerprint density at radius 2 is 1.50 bits per heavy atom. The Labute approximate surface area is 277 Å². The molecule has 2 heterocycles. The summed E-state index contributed by atoms with van der Waals surface area (Å²) in [5.74, 6) is -22.9. The number of ether oxygens (including phenoxy) is 1. The lowest BCUT2D eigenvalue weighted by Gasteiger charge is -2.50. The normalized spacial score (nSPS) is 29.5. The lowest BCUT2D eigenvalue weighted by atomic mass is 9.56. The van der Waals surface area contributed by atoms with E-state index in [9.17, 15) is 37.1 Å². The van der Waals surface area contributed by atoms with Gasteiger partial charge in [0.2, 0.25) is 17.6 Å². The van der Waals surface area contributed by atoms with Crippen LogP contribution in [0.5, 0.6) is 5.75 Å². The molecular formula is C31H23Cl2F5N2O8. The number of aliphatic carboxylic acids is 1. The molecule has 2 aromatic rings. The second-order valence-corrected chi connectivity index (χ2v) is 13.0. The third-order valence-electron chi connectivity index (χ3n) is 9.44. The number of hydrogen-bond donors (Lipinski definition) is 2. The first-order valence-corrected chi connectivity index (χ1v) is 15.3. The van der Waals surface area contributed by atoms with Crippen molar-refractivity contribution in [3.63, 3.8) is 0 Å². The molecule has 4 aliphatic rings. The molecule has 2 saturated heterocycles. The van der Waals surface area contributed by atoms with Gasteiger partial charge < -0.3 is 14.9 Å². The first-order valence-electron chi connectivity index (χ1n) is 14.5. The van der Waals surface area contributed by atoms with Crippen LogP contribution in [0.4, 0.5) is 27.6 Å². The summed E-state index contributed by atoms with van der Waals surface area (Å²) in [5.41, 5.74) is -1.47. The molecule has 254 valence electrons. The quantitative estimate of drug-likeness (QED) is 0.105. The molecule has 0 bridgehead atoms. The van der Waals surface area contributed by atoms with Crippen LogP contribution in [-0.2, 0) is 24.0 Å². The highest BCUT2D eigenvalue weighted by atomic mass is 35.5. The number of alkyl halides is 2. The van der Waals surface area contributed by atoms with Crippen molar-refractivity contribution >= 4 is 58.5 Å². The van der Waals surface area contributed by atoms with Crippen molar-refractivity contribution in [2.24, 2.45) is 17.8 Å². The topological polar surface area (TPSA) is 142 Å². The summed E-state index contributed by atoms with van der Waals surface area (Å²) in [5, 5.41) is 18.2. The third-order valence-corrected chi connectivity index (χ3v) is 10.8. The second-order valence-electron chi connectivity index (χ2n) is 11.8. The van der Waals surface area contributed by atoms with E-state index >= 15 is 8.78 Å². The number of allylic oxidation sites excluding steroid dienone is 2. The monoisotopic (exact) mass is 716 g/mol. The van der Waals surface area contributed by atoms with Crippen LogP contribution in [0.15, 0.2) is 35.9 Å². The van der Waals surface area contributed by atoms with Gasteiger partial charge in [0.05, 0.1) is 24.9 Å². The minimum Gasteiger partial charge on any atom is -0.491 e. The van der Waals surface area contributed by atoms with E-state index < -0.39 is 117 Å². The van der Waals surface area contributed by atoms with Crippen LogP contribution in [0.25, 0.3) is 0 Å². The smallest absolute Gasteiger partial charge is 0.305 e. The summed E-state index contributed by atoms with van der Waals surface area (Å²) in [6.07, 6.45) is 0.216. The first-order chi connectivity index (χ1) is 22.6. The zero-order valence-electron chi connectivity index (χ0n) is 24.3. The Hall–Kier alpha value is -4.08. The number of benzene rings is 2. The Morgan fingerprint density at radius 3 is 2.08 bits per heavy atom. The van der Waals surface area contributed by atoms with E-state index in [0.29, 0.717) is 0 Å². The molecule has 6 unspecified atom stereocenters. The lowest BCUT2D eigenvalue weighted by molar-refractivity contribution is -0.142. The average Bonchev–Trinajstić information content (AvgIpc) is 3.39. The van der Waals surface area contributed by atoms with Gasteiger partial charge in [-0.1, -0.05) is 23.8 Å². The van der Waals surface area contributed by atoms with E-state index in [2.05, 4.69) is 0 Å². The molecule has 2 aromatic carbocycles. The van der Waals surface area contributed by atoms with Crippen LogP contribution in [-0.4, -0.2) is 74.2 Å². The fraction of sp³-hybridized carbons (Fsp3) is 0.387. The summed E-state index contributed by atoms with van der Waals surface area (Å²) >= 11 is 14.1. The highest BCUT2D eigenvalue weighted by molar-refractivity contribution is 6.58. The largest absolute Gasteiger partial charge is 0.491 e. The highest BCUT2D eigenvalue weighted by Gasteiger charge is 2.77. The van der Waals surface area contributed by atoms with Crippen LogP contribution in [0, 0.1) is 46.8 Å². The Morgan fingerprint density at radius 1 is 0.896 bits per heavy atom. The number of likely N-dealkylation sites (tertiary alicyclic amines) is 1. The van der Waals surface area contributed by atoms with Gasteiger partial charge in [0.15, 0.2) is 33.0 Å². The van der Waals surface area contributed by atoms with Gasteiger partial charge in [-0.15, -0.1) is 23.2 Å². The summed E-state index contributed by atoms with van der Waals surface area (Å²) in [7, 11) is 0. The number of aliphatic hydroxyl groups excluding tert-OH is 1. The maximum absolute atomic E-state index is 15.1. The number of hydrogen-bond acceptors (Lipinski definition) is 7. The number of carboxylic acid groups (broad SMARTS) is 1. The van der Waals surface area contributed by atoms with E-state index in [1.807, 2.05) is 0 Å². The number of imide groups is 2. The molecule has 1 saturated carbocycles. The number of carbonyl (C=O) groups excluding carboxylic acids is 4. The van der Waals surface area contributed by atoms with Gasteiger partial charge in [-0.2, -0.15) is 0 Å². The Balaban J connectivity index is 1.53. The Bertz CT molecular complexity index is 1800. The van der Waals surface area contributed by atoms with E-state index in [1.165, 1.54) is 30.3 Å². The molecule has 48 heavy (non-hydrogen) atoms. The SMILES string of the molecule is O=C(O)CCN1C(=O)C2CC=C3C(CC4(Cl)C(=O)N(c5c(F)c(F)c(F)c(F)c5F)C(=O)C4(Cl)C3c3ccc(OCCO)cc3)C2C1=O. The van der Waals surface area contributed by atoms with Crippen molar-refractivity contribution in [1.29, 1.82) is 0 Å². The summed E-state index contributed by atoms with van der Waals surface area (Å²) in [4.78, 5) is 61.7. The molecule has 2 aliphatic carbocycles. The van der Waals surface area contributed by atoms with Gasteiger partial charge >= 0.3 is 5.97 Å². The van der Waals surface area contributed by atoms with Crippen molar-refractivity contribution in [3.8, 4) is 5.75 Å². The van der Waals surface area contributed by atoms with Crippen molar-refractivity contribution in [3.05, 3.63) is 70.6 Å². The van der Waals surface area contributed by atoms with Crippen LogP contribution >= 0.6 is 23.2 Å². The molecule has 17 heteroatoms. The van der Waals surface area contributed by atoms with Gasteiger partial charge in [-0.3, -0.25) is 28.9 Å². The third kappa shape index (κ3) is 4.57. The number of carbonyl (C=O) groups is 5. The predicted molar refractivity (Wildman–Crippen MR) is 154 cm³/mol. The predicted octanol–water partition coefficient (Wildman–Crippen LogP) is 3.79. The zero-order valence-corrected chi connectivity index (χ0v) is 25.8. The van der Waals surface area contributed by atoms with Crippen LogP contribution < -0.4 is 9.64 Å². The van der Waals surface area contributed by atoms with Crippen LogP contribution in [0.3, 0.4) is 0 Å². The maximum atomic E-state index is 15.1. The number of aliphatic hydroxyl groups is 1. The zero-order chi connectivity index (χ0) is 35.0. The maximum Gasteiger partial charge on any atom is 0.305 e. The molecule has 0 radical (unpaired) electrons. The van der Waals surface area contributed by atoms with Crippen LogP contribution in [0.1, 0.15) is 30.7 Å². The summed E-state index contributed by atoms with van der Waals surface area (Å²) < 4.78 is 78.2. The van der Waals surface area contributed by atoms with Crippen molar-refractivity contribution in [2.75, 3.05) is 24.7 Å². The van der Waals surface area contributed by atoms with E-state index in [4.69, 9.17) is 38.2 Å². The van der Waals surface area contributed by atoms with E-state index in [1.54, 1.807) is 0 Å². The number of nitrogens with zero attached hydrogens (tertiary/aromatic N) is 2. The van der Waals surface area contributed by atoms with E-state index in [0.717, 1.165) is 4.90 Å². The highest BCUT2D eigenvalue weighted by Crippen LogP contribution is 2.66. The molecule has 4 amide bonds. The van der Waals surface area contributed by atoms with E-state index in [-0.39, 0.29) is 41.4 Å². The van der Waals surface area contributed by atoms with Gasteiger partial charge in [0.1, 0.15) is 18.0 Å². The number of fused-ring (bicyclic) bond motifs is 4. The fourth-order valence-corrected chi connectivity index (χ4v) is 8.29. The first kappa shape index (κ1) is 33.8. The van der Waals surface area contributed by atoms with Crippen molar-refractivity contribution in [2.45, 2.75) is 34.9 Å². The van der Waals surface area contributed by atoms with Crippen LogP contribution in [0.2, 0.25) is 0 Å². The van der Waals surface area contributed by atoms with Gasteiger partial charge in [0.25, 0.3) is 11.8 Å². The van der Waals surface area contributed by atoms with Gasteiger partial charge in [0, 0.05) is 12.5 Å². The molecule has 0 spiro atoms. The number of halogens is 7. The number of amides is 4. The second kappa shape index (κ2) is 11.8. The van der Waals surface area contributed by atoms with Crippen molar-refractivity contribution < 1.29 is 60.9 Å². The molecule has 0 aromatic heterocycles. The summed E-state index contributed by atoms with van der Waals surface area (Å²) in [6.45, 7) is -0.846. The molecule has 6 atom stereocenters. The number of rotatable bonds is 8. The molecule has 2 aliphatic heterocycles. The molecule has 3 fully saturated rings. The van der Waals surface area contributed by atoms with Crippen molar-refractivity contribution in [1.82, 2.24) is 4.90 Å². The molecule has 6 rings (SSSR count). The average molecular weight is 717 g/mol. The lowest BCUT2D eigenvalue weighted by Crippen LogP contribution is -2.60. The standard InChI is InChI=1S/C31H23Cl2F5N2O8/c32-30-11-16-14(5-6-15-18(16)27(45)39(26(15)44)8-7-17(42)43)19(12-1-3-13(4-2-12)48-10-9-41)31(30,33)29(47)40(28(30)46)25-23(37)21(35)20(34)22(36)24(25)38/h1-5,15-16,18-19,41H,6-11H2,(H,42,43). The minimum atomic E-state index is -2.68. The van der Waals surface area contributed by atoms with Gasteiger partial charge in [-0.25, -0.2) is 26.9 Å². The Kier molecular flexibility index (Phi) is 8.32. The molecule has 2 N–H and O–H groups in total. The number of anilines is 1. The molecular weight excluding hydrogens is 694 g/mol.